The second kappa shape index (κ2) is 26.2. The van der Waals surface area contributed by atoms with Crippen molar-refractivity contribution in [2.75, 3.05) is 35.9 Å². The molecule has 9 aromatic carbocycles. The SMILES string of the molecule is C=C/C=C\C=C(/C)N1C2=CC=CCC2B2C3=C(C4=C(CCC=C4)C3(C)C)N(c3ccc(-c4ccc(N5c6ccccc6B6c7sc8ccccc8c7N(c7cccc(C8=CC(N9c%10cccc%11c%10B(c%10oc%12c(c%10N%11c%10ccccc%10)C=CCNC%12)C%10CCCCCC%109)CC=C8)c7)c7cccc5c76)cc4)cc3)c3cccc1c32. The molecule has 113 heavy (non-hydrogen) atoms. The van der Waals surface area contributed by atoms with Gasteiger partial charge in [-0.3, -0.25) is 0 Å². The van der Waals surface area contributed by atoms with E-state index in [0.717, 1.165) is 61.6 Å². The summed E-state index contributed by atoms with van der Waals surface area (Å²) in [5.74, 6) is 1.75. The van der Waals surface area contributed by atoms with E-state index in [9.17, 15) is 0 Å². The van der Waals surface area contributed by atoms with Gasteiger partial charge in [0.15, 0.2) is 0 Å². The first-order valence-corrected chi connectivity index (χ1v) is 42.1. The molecule has 546 valence electrons. The van der Waals surface area contributed by atoms with Crippen LogP contribution >= 0.6 is 11.3 Å². The molecule has 0 spiro atoms. The molecule has 23 rings (SSSR count). The van der Waals surface area contributed by atoms with Crippen LogP contribution in [0, 0.1) is 5.41 Å². The summed E-state index contributed by atoms with van der Waals surface area (Å²) >= 11 is 1.96. The highest BCUT2D eigenvalue weighted by Gasteiger charge is 2.57. The standard InChI is InChI=1S/C101H86B3N7OS/c1-5-6-9-28-64(2)106-81-43-19-17-40-78(81)102-92-84(106)45-24-48-87(92)109(95-74-35-14-16-38-77(74)101(3,4)98(95)102)71-58-54-66(55-59-71)65-52-56-70(57-53-65)107-83-44-20-18-41-80(83)104-94-86(107)47-26-50-89(94)111(97-76-36-15-21-51-91(76)113-100(97)104)73-34-23-30-68(62-73)67-29-22-33-72(61-67)108-82-42-13-8-12-39-79(82)103-93-85(108)46-25-49-88(93)110(69-31-10-7-11-32-69)96-75-37-27-60-105-63-90(75)112-99(96)103/h5-7,9-11,14-15,17-32,34-37,41,43-59,61-62,72,78-79,82,105H,1,8,12-13,16,33,38-40,42,60,63H2,2-4H3/b9-6-,64-28+. The van der Waals surface area contributed by atoms with Crippen LogP contribution in [-0.2, 0) is 6.54 Å². The molecule has 8 nitrogen and oxygen atoms in total. The number of fused-ring (bicyclic) bond motifs is 16. The molecular weight excluding hydrogens is 1390 g/mol. The number of hydrogen-bond donors (Lipinski definition) is 1. The molecule has 1 saturated carbocycles. The normalized spacial score (nSPS) is 21.0. The predicted octanol–water partition coefficient (Wildman–Crippen LogP) is 21.7. The highest BCUT2D eigenvalue weighted by molar-refractivity contribution is 7.33. The molecule has 0 amide bonds. The van der Waals surface area contributed by atoms with Crippen LogP contribution in [0.1, 0.15) is 95.4 Å². The Hall–Kier alpha value is -11.7. The van der Waals surface area contributed by atoms with E-state index >= 15 is 0 Å². The maximum Gasteiger partial charge on any atom is 0.268 e. The molecule has 12 heteroatoms. The number of nitrogens with one attached hydrogen (secondary N) is 1. The van der Waals surface area contributed by atoms with Gasteiger partial charge in [-0.15, -0.1) is 11.3 Å². The van der Waals surface area contributed by atoms with Crippen molar-refractivity contribution >= 4 is 159 Å². The summed E-state index contributed by atoms with van der Waals surface area (Å²) in [5.41, 5.74) is 37.2. The Bertz CT molecular complexity index is 6200. The quantitative estimate of drug-likeness (QED) is 0.107. The van der Waals surface area contributed by atoms with Gasteiger partial charge in [-0.2, -0.15) is 0 Å². The number of furan rings is 1. The van der Waals surface area contributed by atoms with E-state index in [0.29, 0.717) is 17.7 Å². The lowest BCUT2D eigenvalue weighted by Gasteiger charge is -2.51. The maximum atomic E-state index is 7.32. The molecule has 0 bridgehead atoms. The van der Waals surface area contributed by atoms with Crippen LogP contribution in [0.25, 0.3) is 32.9 Å². The van der Waals surface area contributed by atoms with Gasteiger partial charge in [0.05, 0.1) is 29.6 Å². The predicted molar refractivity (Wildman–Crippen MR) is 480 cm³/mol. The van der Waals surface area contributed by atoms with E-state index in [-0.39, 0.29) is 31.6 Å². The summed E-state index contributed by atoms with van der Waals surface area (Å²) in [7, 11) is 0. The minimum atomic E-state index is -0.116. The second-order valence-electron chi connectivity index (χ2n) is 33.3. The van der Waals surface area contributed by atoms with Gasteiger partial charge in [-0.1, -0.05) is 239 Å². The van der Waals surface area contributed by atoms with Crippen LogP contribution in [0.15, 0.2) is 330 Å². The van der Waals surface area contributed by atoms with Crippen molar-refractivity contribution in [1.82, 2.24) is 5.32 Å². The Morgan fingerprint density at radius 2 is 1.28 bits per heavy atom. The van der Waals surface area contributed by atoms with Crippen molar-refractivity contribution in [1.29, 1.82) is 0 Å². The summed E-state index contributed by atoms with van der Waals surface area (Å²) in [5, 5.41) is 4.93. The van der Waals surface area contributed by atoms with Gasteiger partial charge < -0.3 is 39.1 Å². The molecule has 7 aliphatic heterocycles. The topological polar surface area (TPSA) is 44.6 Å². The third-order valence-corrected chi connectivity index (χ3v) is 28.4. The van der Waals surface area contributed by atoms with Crippen LogP contribution in [0.3, 0.4) is 0 Å². The van der Waals surface area contributed by atoms with Crippen LogP contribution in [0.5, 0.6) is 0 Å². The van der Waals surface area contributed by atoms with Crippen molar-refractivity contribution in [2.24, 2.45) is 5.41 Å². The lowest BCUT2D eigenvalue weighted by atomic mass is 9.26. The molecule has 12 aliphatic rings. The van der Waals surface area contributed by atoms with Gasteiger partial charge in [0, 0.05) is 118 Å². The van der Waals surface area contributed by atoms with Crippen molar-refractivity contribution in [2.45, 2.75) is 109 Å². The number of rotatable bonds is 10. The van der Waals surface area contributed by atoms with Gasteiger partial charge >= 0.3 is 0 Å². The molecular formula is C101H86B3N7OS. The number of allylic oxidation sites excluding steroid dienone is 15. The summed E-state index contributed by atoms with van der Waals surface area (Å²) in [6, 6.07) is 79.6. The van der Waals surface area contributed by atoms with Crippen molar-refractivity contribution < 1.29 is 4.42 Å². The highest BCUT2D eigenvalue weighted by Crippen LogP contribution is 2.61. The minimum absolute atomic E-state index is 0.0291. The van der Waals surface area contributed by atoms with Gasteiger partial charge in [0.2, 0.25) is 6.71 Å². The van der Waals surface area contributed by atoms with E-state index in [1.807, 2.05) is 23.5 Å². The third-order valence-electron chi connectivity index (χ3n) is 27.2. The van der Waals surface area contributed by atoms with E-state index in [2.05, 4.69) is 341 Å². The van der Waals surface area contributed by atoms with Gasteiger partial charge in [0.1, 0.15) is 5.76 Å². The summed E-state index contributed by atoms with van der Waals surface area (Å²) < 4.78 is 10.0. The molecule has 0 saturated heterocycles. The molecule has 1 fully saturated rings. The number of thiophene rings is 1. The number of benzene rings is 9. The number of para-hydroxylation sites is 2. The highest BCUT2D eigenvalue weighted by atomic mass is 32.1. The first kappa shape index (κ1) is 67.0. The Kier molecular flexibility index (Phi) is 15.5. The lowest BCUT2D eigenvalue weighted by molar-refractivity contribution is 0.478. The molecule has 9 heterocycles. The smallest absolute Gasteiger partial charge is 0.268 e. The second-order valence-corrected chi connectivity index (χ2v) is 34.4. The molecule has 5 aliphatic carbocycles. The van der Waals surface area contributed by atoms with Crippen LogP contribution in [0.2, 0.25) is 11.6 Å². The van der Waals surface area contributed by atoms with Crippen LogP contribution < -0.4 is 67.0 Å². The Balaban J connectivity index is 0.601. The number of nitrogens with zero attached hydrogens (tertiary/aromatic N) is 6. The van der Waals surface area contributed by atoms with E-state index in [4.69, 9.17) is 4.42 Å². The molecule has 0 radical (unpaired) electrons. The number of hydrogen-bond acceptors (Lipinski definition) is 9. The lowest BCUT2D eigenvalue weighted by Crippen LogP contribution is -2.64. The van der Waals surface area contributed by atoms with Crippen molar-refractivity contribution in [3.63, 3.8) is 0 Å². The molecule has 1 N–H and O–H groups in total. The van der Waals surface area contributed by atoms with Gasteiger partial charge in [-0.25, -0.2) is 0 Å². The Labute approximate surface area is 668 Å². The fourth-order valence-corrected chi connectivity index (χ4v) is 24.0. The van der Waals surface area contributed by atoms with Crippen molar-refractivity contribution in [3.05, 3.63) is 342 Å². The van der Waals surface area contributed by atoms with E-state index in [1.54, 1.807) is 11.0 Å². The molecule has 4 unspecified atom stereocenters. The zero-order valence-corrected chi connectivity index (χ0v) is 65.1. The fraction of sp³-hybridized carbons (Fsp3) is 0.188. The fourth-order valence-electron chi connectivity index (χ4n) is 22.6. The number of anilines is 13. The van der Waals surface area contributed by atoms with E-state index in [1.165, 1.54) is 182 Å². The zero-order valence-electron chi connectivity index (χ0n) is 64.2. The maximum absolute atomic E-state index is 7.32. The monoisotopic (exact) mass is 1480 g/mol. The Morgan fingerprint density at radius 3 is 2.12 bits per heavy atom. The third kappa shape index (κ3) is 10.0. The summed E-state index contributed by atoms with van der Waals surface area (Å²) in [4.78, 5) is 15.8. The van der Waals surface area contributed by atoms with Crippen LogP contribution in [0.4, 0.5) is 73.9 Å². The minimum Gasteiger partial charge on any atom is -0.472 e. The van der Waals surface area contributed by atoms with Gasteiger partial charge in [0.25, 0.3) is 13.4 Å². The summed E-state index contributed by atoms with van der Waals surface area (Å²) in [6.45, 7) is 13.3. The van der Waals surface area contributed by atoms with Crippen LogP contribution in [-0.4, -0.2) is 38.8 Å². The molecule has 2 aromatic heterocycles. The van der Waals surface area contributed by atoms with Gasteiger partial charge in [-0.05, 0) is 210 Å². The average Bonchev–Trinajstić information content (AvgIpc) is 1.59. The summed E-state index contributed by atoms with van der Waals surface area (Å²) in [6.07, 6.45) is 42.4. The molecule has 4 atom stereocenters. The first-order chi connectivity index (χ1) is 55.8. The van der Waals surface area contributed by atoms with E-state index < -0.39 is 0 Å². The Morgan fingerprint density at radius 1 is 0.593 bits per heavy atom. The first-order valence-electron chi connectivity index (χ1n) is 41.3. The average molecular weight is 1480 g/mol. The largest absolute Gasteiger partial charge is 0.472 e. The zero-order chi connectivity index (χ0) is 74.9. The van der Waals surface area contributed by atoms with Crippen molar-refractivity contribution in [3.8, 4) is 11.1 Å². The molecule has 11 aromatic rings.